The lowest BCUT2D eigenvalue weighted by atomic mass is 10.0. The molecule has 0 aliphatic carbocycles. The summed E-state index contributed by atoms with van der Waals surface area (Å²) in [6.07, 6.45) is 5.08. The number of pyridine rings is 1. The number of hydrogen-bond donors (Lipinski definition) is 1. The summed E-state index contributed by atoms with van der Waals surface area (Å²) in [4.78, 5) is 4.40. The van der Waals surface area contributed by atoms with E-state index in [2.05, 4.69) is 11.1 Å². The standard InChI is InChI=1S/C14H12N2O/c15-13(11-6-8-17-9-11)14-12-4-2-1-3-10(12)5-7-16-14/h1-9,13H,15H2. The summed E-state index contributed by atoms with van der Waals surface area (Å²) in [6, 6.07) is 11.7. The Morgan fingerprint density at radius 3 is 2.82 bits per heavy atom. The van der Waals surface area contributed by atoms with Crippen LogP contribution in [0.2, 0.25) is 0 Å². The first-order valence-corrected chi connectivity index (χ1v) is 5.47. The van der Waals surface area contributed by atoms with Crippen LogP contribution in [0.25, 0.3) is 10.8 Å². The highest BCUT2D eigenvalue weighted by Gasteiger charge is 2.14. The molecule has 0 radical (unpaired) electrons. The Kier molecular flexibility index (Phi) is 2.38. The van der Waals surface area contributed by atoms with E-state index in [0.29, 0.717) is 0 Å². The van der Waals surface area contributed by atoms with Gasteiger partial charge in [-0.25, -0.2) is 0 Å². The SMILES string of the molecule is NC(c1ccoc1)c1nccc2ccccc12. The molecule has 2 N–H and O–H groups in total. The predicted molar refractivity (Wildman–Crippen MR) is 66.5 cm³/mol. The minimum atomic E-state index is -0.250. The molecular formula is C14H12N2O. The van der Waals surface area contributed by atoms with Crippen molar-refractivity contribution in [2.45, 2.75) is 6.04 Å². The van der Waals surface area contributed by atoms with E-state index in [1.165, 1.54) is 0 Å². The topological polar surface area (TPSA) is 52.0 Å². The molecular weight excluding hydrogens is 212 g/mol. The molecule has 3 rings (SSSR count). The summed E-state index contributed by atoms with van der Waals surface area (Å²) in [7, 11) is 0. The molecule has 0 saturated heterocycles. The average molecular weight is 224 g/mol. The lowest BCUT2D eigenvalue weighted by Gasteiger charge is -2.11. The smallest absolute Gasteiger partial charge is 0.0954 e. The summed E-state index contributed by atoms with van der Waals surface area (Å²) in [6.45, 7) is 0. The molecule has 0 spiro atoms. The normalized spacial score (nSPS) is 12.8. The Bertz CT molecular complexity index is 626. The van der Waals surface area contributed by atoms with Crippen LogP contribution in [0.15, 0.2) is 59.5 Å². The van der Waals surface area contributed by atoms with Crippen LogP contribution in [-0.4, -0.2) is 4.98 Å². The molecule has 84 valence electrons. The van der Waals surface area contributed by atoms with Crippen molar-refractivity contribution in [2.75, 3.05) is 0 Å². The number of nitrogens with zero attached hydrogens (tertiary/aromatic N) is 1. The summed E-state index contributed by atoms with van der Waals surface area (Å²) in [5.41, 5.74) is 8.02. The average Bonchev–Trinajstić information content (AvgIpc) is 2.91. The van der Waals surface area contributed by atoms with Gasteiger partial charge in [0, 0.05) is 17.1 Å². The summed E-state index contributed by atoms with van der Waals surface area (Å²) >= 11 is 0. The first-order valence-electron chi connectivity index (χ1n) is 5.47. The number of fused-ring (bicyclic) bond motifs is 1. The number of nitrogens with two attached hydrogens (primary N) is 1. The van der Waals surface area contributed by atoms with E-state index in [1.54, 1.807) is 18.7 Å². The van der Waals surface area contributed by atoms with Gasteiger partial charge in [0.1, 0.15) is 0 Å². The van der Waals surface area contributed by atoms with Crippen molar-refractivity contribution in [3.8, 4) is 0 Å². The highest BCUT2D eigenvalue weighted by Crippen LogP contribution is 2.25. The monoisotopic (exact) mass is 224 g/mol. The van der Waals surface area contributed by atoms with Gasteiger partial charge >= 0.3 is 0 Å². The third kappa shape index (κ3) is 1.70. The highest BCUT2D eigenvalue weighted by atomic mass is 16.3. The van der Waals surface area contributed by atoms with E-state index in [-0.39, 0.29) is 6.04 Å². The lowest BCUT2D eigenvalue weighted by molar-refractivity contribution is 0.561. The number of benzene rings is 1. The van der Waals surface area contributed by atoms with Crippen molar-refractivity contribution in [3.63, 3.8) is 0 Å². The summed E-state index contributed by atoms with van der Waals surface area (Å²) < 4.78 is 5.06. The molecule has 1 atom stereocenters. The predicted octanol–water partition coefficient (Wildman–Crippen LogP) is 2.88. The zero-order valence-electron chi connectivity index (χ0n) is 9.21. The van der Waals surface area contributed by atoms with Gasteiger partial charge in [0.25, 0.3) is 0 Å². The van der Waals surface area contributed by atoms with Gasteiger partial charge in [-0.2, -0.15) is 0 Å². The van der Waals surface area contributed by atoms with Gasteiger partial charge in [0.2, 0.25) is 0 Å². The van der Waals surface area contributed by atoms with Gasteiger partial charge in [-0.1, -0.05) is 24.3 Å². The molecule has 2 aromatic heterocycles. The third-order valence-electron chi connectivity index (χ3n) is 2.90. The van der Waals surface area contributed by atoms with Crippen LogP contribution in [0.4, 0.5) is 0 Å². The number of hydrogen-bond acceptors (Lipinski definition) is 3. The van der Waals surface area contributed by atoms with E-state index in [0.717, 1.165) is 22.0 Å². The molecule has 0 aliphatic heterocycles. The van der Waals surface area contributed by atoms with Gasteiger partial charge in [-0.3, -0.25) is 4.98 Å². The quantitative estimate of drug-likeness (QED) is 0.728. The molecule has 3 nitrogen and oxygen atoms in total. The molecule has 17 heavy (non-hydrogen) atoms. The lowest BCUT2D eigenvalue weighted by Crippen LogP contribution is -2.13. The van der Waals surface area contributed by atoms with Crippen LogP contribution < -0.4 is 5.73 Å². The molecule has 3 aromatic rings. The second-order valence-electron chi connectivity index (χ2n) is 3.95. The van der Waals surface area contributed by atoms with Crippen molar-refractivity contribution in [2.24, 2.45) is 5.73 Å². The molecule has 0 bridgehead atoms. The highest BCUT2D eigenvalue weighted by molar-refractivity contribution is 5.84. The first kappa shape index (κ1) is 10.1. The Labute approximate surface area is 98.9 Å². The molecule has 3 heteroatoms. The van der Waals surface area contributed by atoms with Gasteiger partial charge in [-0.15, -0.1) is 0 Å². The minimum absolute atomic E-state index is 0.250. The molecule has 0 saturated carbocycles. The van der Waals surface area contributed by atoms with Crippen molar-refractivity contribution in [1.82, 2.24) is 4.98 Å². The molecule has 0 aliphatic rings. The van der Waals surface area contributed by atoms with Gasteiger partial charge in [-0.05, 0) is 17.5 Å². The van der Waals surface area contributed by atoms with E-state index in [9.17, 15) is 0 Å². The number of aromatic nitrogens is 1. The Morgan fingerprint density at radius 2 is 2.00 bits per heavy atom. The molecule has 1 aromatic carbocycles. The van der Waals surface area contributed by atoms with E-state index in [4.69, 9.17) is 10.2 Å². The molecule has 0 fully saturated rings. The van der Waals surface area contributed by atoms with Crippen LogP contribution in [0, 0.1) is 0 Å². The van der Waals surface area contributed by atoms with Crippen LogP contribution >= 0.6 is 0 Å². The van der Waals surface area contributed by atoms with E-state index < -0.39 is 0 Å². The Balaban J connectivity index is 2.17. The second-order valence-corrected chi connectivity index (χ2v) is 3.95. The van der Waals surface area contributed by atoms with E-state index in [1.807, 2.05) is 30.3 Å². The molecule has 1 unspecified atom stereocenters. The zero-order valence-corrected chi connectivity index (χ0v) is 9.21. The van der Waals surface area contributed by atoms with Crippen molar-refractivity contribution >= 4 is 10.8 Å². The Hall–Kier alpha value is -2.13. The molecule has 2 heterocycles. The number of furan rings is 1. The van der Waals surface area contributed by atoms with Crippen molar-refractivity contribution < 1.29 is 4.42 Å². The summed E-state index contributed by atoms with van der Waals surface area (Å²) in [5, 5.41) is 2.24. The first-order chi connectivity index (χ1) is 8.36. The maximum Gasteiger partial charge on any atom is 0.0954 e. The van der Waals surface area contributed by atoms with Gasteiger partial charge in [0.05, 0.1) is 24.3 Å². The fourth-order valence-electron chi connectivity index (χ4n) is 2.00. The van der Waals surface area contributed by atoms with Gasteiger partial charge in [0.15, 0.2) is 0 Å². The maximum atomic E-state index is 6.20. The van der Waals surface area contributed by atoms with Crippen molar-refractivity contribution in [3.05, 3.63) is 66.4 Å². The van der Waals surface area contributed by atoms with Gasteiger partial charge < -0.3 is 10.2 Å². The van der Waals surface area contributed by atoms with Crippen LogP contribution in [0.3, 0.4) is 0 Å². The van der Waals surface area contributed by atoms with E-state index >= 15 is 0 Å². The van der Waals surface area contributed by atoms with Crippen molar-refractivity contribution in [1.29, 1.82) is 0 Å². The minimum Gasteiger partial charge on any atom is -0.472 e. The van der Waals surface area contributed by atoms with Crippen LogP contribution in [0.5, 0.6) is 0 Å². The van der Waals surface area contributed by atoms with Crippen LogP contribution in [-0.2, 0) is 0 Å². The number of rotatable bonds is 2. The maximum absolute atomic E-state index is 6.20. The largest absolute Gasteiger partial charge is 0.472 e. The fraction of sp³-hybridized carbons (Fsp3) is 0.0714. The third-order valence-corrected chi connectivity index (χ3v) is 2.90. The zero-order chi connectivity index (χ0) is 11.7. The molecule has 0 amide bonds. The van der Waals surface area contributed by atoms with Crippen LogP contribution in [0.1, 0.15) is 17.3 Å². The fourth-order valence-corrected chi connectivity index (χ4v) is 2.00. The summed E-state index contributed by atoms with van der Waals surface area (Å²) in [5.74, 6) is 0. The Morgan fingerprint density at radius 1 is 1.12 bits per heavy atom. The second kappa shape index (κ2) is 4.03.